The summed E-state index contributed by atoms with van der Waals surface area (Å²) in [6, 6.07) is 6.88. The highest BCUT2D eigenvalue weighted by molar-refractivity contribution is 9.10. The summed E-state index contributed by atoms with van der Waals surface area (Å²) in [6.45, 7) is 1.14. The molecule has 1 aromatic heterocycles. The molecule has 1 N–H and O–H groups in total. The highest BCUT2D eigenvalue weighted by atomic mass is 79.9. The zero-order valence-electron chi connectivity index (χ0n) is 13.8. The van der Waals surface area contributed by atoms with Gasteiger partial charge in [-0.25, -0.2) is 0 Å². The molecule has 3 atom stereocenters. The number of aromatic nitrogens is 1. The minimum Gasteiger partial charge on any atom is -0.349 e. The third kappa shape index (κ3) is 2.81. The molecule has 4 rings (SSSR count). The zero-order chi connectivity index (χ0) is 17.1. The number of aromatic amines is 1. The van der Waals surface area contributed by atoms with Crippen LogP contribution in [0.2, 0.25) is 0 Å². The molecule has 1 aliphatic heterocycles. The molecule has 7 heteroatoms. The third-order valence-corrected chi connectivity index (χ3v) is 6.64. The third-order valence-electron chi connectivity index (χ3n) is 5.40. The summed E-state index contributed by atoms with van der Waals surface area (Å²) >= 11 is 3.67. The molecule has 0 amide bonds. The predicted octanol–water partition coefficient (Wildman–Crippen LogP) is 2.87. The molecular weight excluding hydrogens is 392 g/mol. The Kier molecular flexibility index (Phi) is 4.03. The lowest BCUT2D eigenvalue weighted by atomic mass is 9.72. The molecule has 1 saturated heterocycles. The van der Waals surface area contributed by atoms with Gasteiger partial charge in [-0.2, -0.15) is 8.42 Å². The van der Waals surface area contributed by atoms with Crippen molar-refractivity contribution in [2.75, 3.05) is 26.5 Å². The van der Waals surface area contributed by atoms with E-state index < -0.39 is 10.1 Å². The van der Waals surface area contributed by atoms with Crippen LogP contribution in [0, 0.1) is 5.92 Å². The van der Waals surface area contributed by atoms with Gasteiger partial charge in [0, 0.05) is 29.4 Å². The standard InChI is InChI=1S/C17H21BrN2O3S/c1-20-8-10(9-23-24(2,21)22)6-12-11-4-3-5-14-16(11)13(7-15(12)20)17(18)19-14/h3-5,10,12,15,19H,6-9H2,1-2H3/t10?,12-,15-/m0/s1. The first-order chi connectivity index (χ1) is 11.3. The highest BCUT2D eigenvalue weighted by Gasteiger charge is 2.40. The van der Waals surface area contributed by atoms with Gasteiger partial charge >= 0.3 is 0 Å². The Morgan fingerprint density at radius 2 is 2.21 bits per heavy atom. The van der Waals surface area contributed by atoms with Gasteiger partial charge in [0.05, 0.1) is 17.5 Å². The summed E-state index contributed by atoms with van der Waals surface area (Å²) in [5.74, 6) is 0.640. The summed E-state index contributed by atoms with van der Waals surface area (Å²) in [6.07, 6.45) is 3.09. The van der Waals surface area contributed by atoms with Crippen molar-refractivity contribution >= 4 is 37.0 Å². The van der Waals surface area contributed by atoms with Gasteiger partial charge in [-0.05, 0) is 58.9 Å². The molecule has 1 fully saturated rings. The van der Waals surface area contributed by atoms with Crippen LogP contribution in [0.25, 0.3) is 10.9 Å². The number of halogens is 1. The molecule has 1 aliphatic carbocycles. The van der Waals surface area contributed by atoms with Crippen LogP contribution in [0.5, 0.6) is 0 Å². The van der Waals surface area contributed by atoms with Crippen LogP contribution >= 0.6 is 15.9 Å². The summed E-state index contributed by atoms with van der Waals surface area (Å²) < 4.78 is 28.8. The Bertz CT molecular complexity index is 893. The normalized spacial score (nSPS) is 27.4. The second-order valence-electron chi connectivity index (χ2n) is 7.10. The number of nitrogens with one attached hydrogen (secondary N) is 1. The van der Waals surface area contributed by atoms with Gasteiger partial charge in [0.1, 0.15) is 0 Å². The largest absolute Gasteiger partial charge is 0.349 e. The molecule has 0 radical (unpaired) electrons. The lowest BCUT2D eigenvalue weighted by Crippen LogP contribution is -2.48. The molecule has 5 nitrogen and oxygen atoms in total. The Morgan fingerprint density at radius 1 is 1.42 bits per heavy atom. The number of nitrogens with zero attached hydrogens (tertiary/aromatic N) is 1. The number of fused-ring (bicyclic) bond motifs is 2. The van der Waals surface area contributed by atoms with E-state index in [-0.39, 0.29) is 12.5 Å². The lowest BCUT2D eigenvalue weighted by molar-refractivity contribution is 0.0855. The number of hydrogen-bond donors (Lipinski definition) is 1. The quantitative estimate of drug-likeness (QED) is 0.787. The van der Waals surface area contributed by atoms with Gasteiger partial charge in [-0.1, -0.05) is 12.1 Å². The van der Waals surface area contributed by atoms with Gasteiger partial charge in [-0.15, -0.1) is 0 Å². The number of piperidine rings is 1. The molecule has 24 heavy (non-hydrogen) atoms. The smallest absolute Gasteiger partial charge is 0.264 e. The minimum absolute atomic E-state index is 0.227. The van der Waals surface area contributed by atoms with Gasteiger partial charge in [0.15, 0.2) is 0 Å². The van der Waals surface area contributed by atoms with Gasteiger partial charge in [0.25, 0.3) is 10.1 Å². The fraction of sp³-hybridized carbons (Fsp3) is 0.529. The average Bonchev–Trinajstić information content (AvgIpc) is 2.83. The van der Waals surface area contributed by atoms with E-state index in [4.69, 9.17) is 4.18 Å². The summed E-state index contributed by atoms with van der Waals surface area (Å²) in [7, 11) is -1.25. The maximum absolute atomic E-state index is 11.3. The van der Waals surface area contributed by atoms with Crippen molar-refractivity contribution in [3.63, 3.8) is 0 Å². The molecule has 1 aromatic carbocycles. The topological polar surface area (TPSA) is 62.4 Å². The second-order valence-corrected chi connectivity index (χ2v) is 9.53. The second kappa shape index (κ2) is 5.83. The van der Waals surface area contributed by atoms with Crippen molar-refractivity contribution in [2.45, 2.75) is 24.8 Å². The minimum atomic E-state index is -3.39. The van der Waals surface area contributed by atoms with Crippen molar-refractivity contribution in [3.8, 4) is 0 Å². The maximum Gasteiger partial charge on any atom is 0.264 e. The van der Waals surface area contributed by atoms with Gasteiger partial charge in [-0.3, -0.25) is 4.18 Å². The molecule has 2 aromatic rings. The molecule has 0 bridgehead atoms. The predicted molar refractivity (Wildman–Crippen MR) is 97.8 cm³/mol. The first kappa shape index (κ1) is 16.6. The first-order valence-electron chi connectivity index (χ1n) is 8.17. The molecule has 0 spiro atoms. The summed E-state index contributed by atoms with van der Waals surface area (Å²) in [5, 5.41) is 1.34. The van der Waals surface area contributed by atoms with E-state index in [1.807, 2.05) is 0 Å². The number of benzene rings is 1. The summed E-state index contributed by atoms with van der Waals surface area (Å²) in [5.41, 5.74) is 3.90. The SMILES string of the molecule is CN1CC(COS(C)(=O)=O)C[C@H]2c3cccc4[nH]c(Br)c(c34)C[C@@H]21. The van der Waals surface area contributed by atoms with Gasteiger partial charge in [0.2, 0.25) is 0 Å². The van der Waals surface area contributed by atoms with Crippen LogP contribution < -0.4 is 0 Å². The van der Waals surface area contributed by atoms with Crippen LogP contribution in [-0.4, -0.2) is 50.8 Å². The van der Waals surface area contributed by atoms with Crippen molar-refractivity contribution in [1.82, 2.24) is 9.88 Å². The Balaban J connectivity index is 1.69. The molecule has 1 unspecified atom stereocenters. The van der Waals surface area contributed by atoms with Crippen LogP contribution in [0.1, 0.15) is 23.5 Å². The molecular formula is C17H21BrN2O3S. The van der Waals surface area contributed by atoms with Crippen LogP contribution in [0.4, 0.5) is 0 Å². The lowest BCUT2D eigenvalue weighted by Gasteiger charge is -2.45. The molecule has 0 saturated carbocycles. The van der Waals surface area contributed by atoms with E-state index in [9.17, 15) is 8.42 Å². The highest BCUT2D eigenvalue weighted by Crippen LogP contribution is 2.46. The van der Waals surface area contributed by atoms with Gasteiger partial charge < -0.3 is 9.88 Å². The van der Waals surface area contributed by atoms with Crippen LogP contribution in [0.3, 0.4) is 0 Å². The van der Waals surface area contributed by atoms with E-state index in [1.165, 1.54) is 22.0 Å². The van der Waals surface area contributed by atoms with Crippen molar-refractivity contribution in [3.05, 3.63) is 33.9 Å². The number of rotatable bonds is 3. The molecule has 2 heterocycles. The Morgan fingerprint density at radius 3 is 2.96 bits per heavy atom. The van der Waals surface area contributed by atoms with Crippen LogP contribution in [-0.2, 0) is 20.7 Å². The average molecular weight is 413 g/mol. The number of hydrogen-bond acceptors (Lipinski definition) is 4. The van der Waals surface area contributed by atoms with E-state index in [0.717, 1.165) is 30.2 Å². The Labute approximate surface area is 150 Å². The Hall–Kier alpha value is -0.890. The zero-order valence-corrected chi connectivity index (χ0v) is 16.2. The van der Waals surface area contributed by atoms with Crippen molar-refractivity contribution in [2.24, 2.45) is 5.92 Å². The van der Waals surface area contributed by atoms with E-state index in [1.54, 1.807) is 0 Å². The maximum atomic E-state index is 11.3. The number of H-pyrrole nitrogens is 1. The van der Waals surface area contributed by atoms with Crippen molar-refractivity contribution < 1.29 is 12.6 Å². The number of likely N-dealkylation sites (tertiary alicyclic amines) is 1. The fourth-order valence-electron chi connectivity index (χ4n) is 4.44. The summed E-state index contributed by atoms with van der Waals surface area (Å²) in [4.78, 5) is 5.80. The fourth-order valence-corrected chi connectivity index (χ4v) is 5.45. The van der Waals surface area contributed by atoms with E-state index >= 15 is 0 Å². The molecule has 2 aliphatic rings. The van der Waals surface area contributed by atoms with E-state index in [2.05, 4.69) is 51.1 Å². The van der Waals surface area contributed by atoms with Crippen molar-refractivity contribution in [1.29, 1.82) is 0 Å². The molecule has 130 valence electrons. The van der Waals surface area contributed by atoms with Crippen LogP contribution in [0.15, 0.2) is 22.8 Å². The number of likely N-dealkylation sites (N-methyl/N-ethyl adjacent to an activating group) is 1. The first-order valence-corrected chi connectivity index (χ1v) is 10.8. The monoisotopic (exact) mass is 412 g/mol. The van der Waals surface area contributed by atoms with E-state index in [0.29, 0.717) is 12.0 Å².